The van der Waals surface area contributed by atoms with Gasteiger partial charge in [-0.3, -0.25) is 4.99 Å². The third-order valence-corrected chi connectivity index (χ3v) is 3.99. The lowest BCUT2D eigenvalue weighted by molar-refractivity contribution is 0.155. The molecule has 1 atom stereocenters. The summed E-state index contributed by atoms with van der Waals surface area (Å²) in [6, 6.07) is 8.42. The molecule has 1 aliphatic rings. The zero-order valence-corrected chi connectivity index (χ0v) is 14.8. The Morgan fingerprint density at radius 1 is 1.43 bits per heavy atom. The summed E-state index contributed by atoms with van der Waals surface area (Å²) < 4.78 is 5.33. The Bertz CT molecular complexity index is 509. The number of anilines is 1. The molecule has 1 aromatic carbocycles. The zero-order chi connectivity index (χ0) is 16.5. The molecule has 0 amide bonds. The smallest absolute Gasteiger partial charge is 0.191 e. The molecular weight excluding hydrogens is 312 g/mol. The first-order valence-corrected chi connectivity index (χ1v) is 8.73. The molecule has 1 aliphatic heterocycles. The van der Waals surface area contributed by atoms with Crippen molar-refractivity contribution < 1.29 is 4.74 Å². The summed E-state index contributed by atoms with van der Waals surface area (Å²) in [6.07, 6.45) is 1.09. The monoisotopic (exact) mass is 338 g/mol. The third-order valence-electron chi connectivity index (χ3n) is 3.76. The minimum Gasteiger partial charge on any atom is -0.380 e. The highest BCUT2D eigenvalue weighted by molar-refractivity contribution is 6.30. The summed E-state index contributed by atoms with van der Waals surface area (Å²) in [6.45, 7) is 8.97. The maximum absolute atomic E-state index is 6.08. The average Bonchev–Trinajstić information content (AvgIpc) is 3.00. The number of aliphatic imine (C=N–C) groups is 1. The number of nitrogens with one attached hydrogen (secondary N) is 2. The molecule has 0 aliphatic carbocycles. The largest absolute Gasteiger partial charge is 0.380 e. The van der Waals surface area contributed by atoms with Gasteiger partial charge in [-0.25, -0.2) is 0 Å². The molecule has 2 rings (SSSR count). The normalized spacial score (nSPS) is 18.3. The standard InChI is InChI=1S/C17H27ClN4O/c1-3-19-17(20-9-11-23-4-2)21-15-8-10-22(13-15)16-7-5-6-14(18)12-16/h5-7,12,15H,3-4,8-11,13H2,1-2H3,(H2,19,20,21). The highest BCUT2D eigenvalue weighted by Gasteiger charge is 2.23. The van der Waals surface area contributed by atoms with Crippen LogP contribution < -0.4 is 15.5 Å². The van der Waals surface area contributed by atoms with Gasteiger partial charge in [-0.1, -0.05) is 17.7 Å². The van der Waals surface area contributed by atoms with E-state index < -0.39 is 0 Å². The fourth-order valence-corrected chi connectivity index (χ4v) is 2.85. The lowest BCUT2D eigenvalue weighted by atomic mass is 10.3. The van der Waals surface area contributed by atoms with Crippen molar-refractivity contribution >= 4 is 23.2 Å². The van der Waals surface area contributed by atoms with E-state index in [1.165, 1.54) is 5.69 Å². The molecule has 1 unspecified atom stereocenters. The highest BCUT2D eigenvalue weighted by atomic mass is 35.5. The van der Waals surface area contributed by atoms with Crippen molar-refractivity contribution in [2.24, 2.45) is 4.99 Å². The van der Waals surface area contributed by atoms with Crippen LogP contribution in [0.15, 0.2) is 29.3 Å². The first-order valence-electron chi connectivity index (χ1n) is 8.36. The number of halogens is 1. The molecule has 5 nitrogen and oxygen atoms in total. The Kier molecular flexibility index (Phi) is 7.49. The van der Waals surface area contributed by atoms with E-state index in [4.69, 9.17) is 16.3 Å². The molecule has 1 fully saturated rings. The Morgan fingerprint density at radius 3 is 3.04 bits per heavy atom. The van der Waals surface area contributed by atoms with Crippen molar-refractivity contribution in [2.75, 3.05) is 44.3 Å². The second-order valence-corrected chi connectivity index (χ2v) is 5.95. The van der Waals surface area contributed by atoms with Crippen LogP contribution in [0.25, 0.3) is 0 Å². The van der Waals surface area contributed by atoms with E-state index in [0.29, 0.717) is 19.2 Å². The number of benzene rings is 1. The van der Waals surface area contributed by atoms with Crippen LogP contribution in [0.2, 0.25) is 5.02 Å². The van der Waals surface area contributed by atoms with Gasteiger partial charge in [0.05, 0.1) is 13.2 Å². The van der Waals surface area contributed by atoms with E-state index in [1.54, 1.807) is 0 Å². The molecule has 0 radical (unpaired) electrons. The van der Waals surface area contributed by atoms with Gasteiger partial charge in [0.2, 0.25) is 0 Å². The van der Waals surface area contributed by atoms with E-state index in [9.17, 15) is 0 Å². The molecule has 0 saturated carbocycles. The number of rotatable bonds is 7. The summed E-state index contributed by atoms with van der Waals surface area (Å²) in [5.74, 6) is 0.866. The minimum atomic E-state index is 0.388. The Labute approximate surface area is 144 Å². The molecule has 1 aromatic rings. The van der Waals surface area contributed by atoms with Crippen LogP contribution in [0, 0.1) is 0 Å². The van der Waals surface area contributed by atoms with E-state index in [0.717, 1.165) is 43.6 Å². The van der Waals surface area contributed by atoms with Crippen LogP contribution in [-0.4, -0.2) is 51.4 Å². The SMILES string of the molecule is CCNC(=NCCOCC)NC1CCN(c2cccc(Cl)c2)C1. The fourth-order valence-electron chi connectivity index (χ4n) is 2.67. The summed E-state index contributed by atoms with van der Waals surface area (Å²) in [5.41, 5.74) is 1.18. The van der Waals surface area contributed by atoms with Crippen LogP contribution >= 0.6 is 11.6 Å². The predicted octanol–water partition coefficient (Wildman–Crippen LogP) is 2.51. The van der Waals surface area contributed by atoms with Crippen LogP contribution in [0.3, 0.4) is 0 Å². The van der Waals surface area contributed by atoms with E-state index in [2.05, 4.69) is 33.5 Å². The van der Waals surface area contributed by atoms with Crippen molar-refractivity contribution in [1.29, 1.82) is 0 Å². The van der Waals surface area contributed by atoms with Gasteiger partial charge in [-0.15, -0.1) is 0 Å². The topological polar surface area (TPSA) is 48.9 Å². The summed E-state index contributed by atoms with van der Waals surface area (Å²) in [7, 11) is 0. The van der Waals surface area contributed by atoms with Crippen molar-refractivity contribution in [1.82, 2.24) is 10.6 Å². The summed E-state index contributed by atoms with van der Waals surface area (Å²) in [5, 5.41) is 7.59. The Balaban J connectivity index is 1.86. The Morgan fingerprint density at radius 2 is 2.30 bits per heavy atom. The summed E-state index contributed by atoms with van der Waals surface area (Å²) in [4.78, 5) is 6.91. The molecule has 6 heteroatoms. The third kappa shape index (κ3) is 5.92. The maximum Gasteiger partial charge on any atom is 0.191 e. The first-order chi connectivity index (χ1) is 11.2. The quantitative estimate of drug-likeness (QED) is 0.455. The number of hydrogen-bond donors (Lipinski definition) is 2. The van der Waals surface area contributed by atoms with Crippen LogP contribution in [0.1, 0.15) is 20.3 Å². The van der Waals surface area contributed by atoms with Crippen LogP contribution in [-0.2, 0) is 4.74 Å². The molecule has 0 spiro atoms. The lowest BCUT2D eigenvalue weighted by Crippen LogP contribution is -2.44. The van der Waals surface area contributed by atoms with Crippen molar-refractivity contribution in [3.05, 3.63) is 29.3 Å². The first kappa shape index (κ1) is 17.9. The zero-order valence-electron chi connectivity index (χ0n) is 14.0. The van der Waals surface area contributed by atoms with Crippen molar-refractivity contribution in [2.45, 2.75) is 26.3 Å². The van der Waals surface area contributed by atoms with E-state index in [-0.39, 0.29) is 0 Å². The Hall–Kier alpha value is -1.46. The van der Waals surface area contributed by atoms with Crippen molar-refractivity contribution in [3.63, 3.8) is 0 Å². The average molecular weight is 339 g/mol. The molecule has 0 aromatic heterocycles. The summed E-state index contributed by atoms with van der Waals surface area (Å²) >= 11 is 6.08. The van der Waals surface area contributed by atoms with Gasteiger partial charge in [0, 0.05) is 43.0 Å². The van der Waals surface area contributed by atoms with Gasteiger partial charge in [0.1, 0.15) is 0 Å². The number of hydrogen-bond acceptors (Lipinski definition) is 3. The van der Waals surface area contributed by atoms with Gasteiger partial charge < -0.3 is 20.3 Å². The minimum absolute atomic E-state index is 0.388. The van der Waals surface area contributed by atoms with Gasteiger partial charge in [0.15, 0.2) is 5.96 Å². The van der Waals surface area contributed by atoms with Gasteiger partial charge in [-0.05, 0) is 38.5 Å². The number of guanidine groups is 1. The van der Waals surface area contributed by atoms with Gasteiger partial charge in [0.25, 0.3) is 0 Å². The maximum atomic E-state index is 6.08. The molecule has 0 bridgehead atoms. The molecule has 2 N–H and O–H groups in total. The number of nitrogens with zero attached hydrogens (tertiary/aromatic N) is 2. The van der Waals surface area contributed by atoms with E-state index >= 15 is 0 Å². The molecular formula is C17H27ClN4O. The highest BCUT2D eigenvalue weighted by Crippen LogP contribution is 2.23. The molecule has 1 heterocycles. The fraction of sp³-hybridized carbons (Fsp3) is 0.588. The molecule has 128 valence electrons. The van der Waals surface area contributed by atoms with Gasteiger partial charge in [-0.2, -0.15) is 0 Å². The molecule has 1 saturated heterocycles. The van der Waals surface area contributed by atoms with Crippen LogP contribution in [0.4, 0.5) is 5.69 Å². The van der Waals surface area contributed by atoms with Crippen LogP contribution in [0.5, 0.6) is 0 Å². The molecule has 23 heavy (non-hydrogen) atoms. The lowest BCUT2D eigenvalue weighted by Gasteiger charge is -2.20. The van der Waals surface area contributed by atoms with E-state index in [1.807, 2.05) is 25.1 Å². The predicted molar refractivity (Wildman–Crippen MR) is 97.7 cm³/mol. The van der Waals surface area contributed by atoms with Crippen molar-refractivity contribution in [3.8, 4) is 0 Å². The number of ether oxygens (including phenoxy) is 1. The second kappa shape index (κ2) is 9.63. The van der Waals surface area contributed by atoms with Gasteiger partial charge >= 0.3 is 0 Å². The second-order valence-electron chi connectivity index (χ2n) is 5.51.